The van der Waals surface area contributed by atoms with E-state index in [2.05, 4.69) is 26.5 Å². The zero-order chi connectivity index (χ0) is 22.4. The minimum absolute atomic E-state index is 0.0792. The van der Waals surface area contributed by atoms with Gasteiger partial charge in [-0.2, -0.15) is 5.10 Å². The number of anilines is 1. The maximum Gasteiger partial charge on any atom is 0.264 e. The van der Waals surface area contributed by atoms with Gasteiger partial charge in [0.2, 0.25) is 0 Å². The van der Waals surface area contributed by atoms with Gasteiger partial charge in [0.25, 0.3) is 15.9 Å². The molecule has 0 atom stereocenters. The fraction of sp³-hybridized carbons (Fsp3) is 0.0909. The average molecular weight is 521 g/mol. The second-order valence-electron chi connectivity index (χ2n) is 6.60. The van der Waals surface area contributed by atoms with Gasteiger partial charge in [-0.05, 0) is 60.5 Å². The number of rotatable bonds is 7. The van der Waals surface area contributed by atoms with Gasteiger partial charge in [0.1, 0.15) is 6.54 Å². The minimum Gasteiger partial charge on any atom is -0.271 e. The number of benzene rings is 3. The highest BCUT2D eigenvalue weighted by Crippen LogP contribution is 2.28. The molecule has 31 heavy (non-hydrogen) atoms. The first kappa shape index (κ1) is 23.0. The predicted octanol–water partition coefficient (Wildman–Crippen LogP) is 4.76. The molecular formula is C22H19BrClN3O3S. The Morgan fingerprint density at radius 3 is 2.42 bits per heavy atom. The number of nitrogens with one attached hydrogen (secondary N) is 1. The van der Waals surface area contributed by atoms with Crippen LogP contribution in [-0.4, -0.2) is 27.1 Å². The molecule has 0 aromatic heterocycles. The van der Waals surface area contributed by atoms with Gasteiger partial charge in [0, 0.05) is 9.50 Å². The summed E-state index contributed by atoms with van der Waals surface area (Å²) in [5.74, 6) is -0.581. The number of carbonyl (C=O) groups is 1. The van der Waals surface area contributed by atoms with Crippen LogP contribution in [0, 0.1) is 6.92 Å². The Morgan fingerprint density at radius 1 is 1.10 bits per heavy atom. The van der Waals surface area contributed by atoms with Crippen LogP contribution in [0.15, 0.2) is 87.3 Å². The van der Waals surface area contributed by atoms with E-state index in [1.54, 1.807) is 43.3 Å². The van der Waals surface area contributed by atoms with Crippen LogP contribution in [0.3, 0.4) is 0 Å². The molecule has 0 fully saturated rings. The lowest BCUT2D eigenvalue weighted by Gasteiger charge is -2.25. The van der Waals surface area contributed by atoms with Crippen LogP contribution >= 0.6 is 27.5 Å². The number of nitrogens with zero attached hydrogens (tertiary/aromatic N) is 2. The molecule has 3 aromatic carbocycles. The van der Waals surface area contributed by atoms with E-state index in [1.165, 1.54) is 18.3 Å². The van der Waals surface area contributed by atoms with E-state index in [0.29, 0.717) is 16.3 Å². The van der Waals surface area contributed by atoms with Crippen LogP contribution in [-0.2, 0) is 14.8 Å². The van der Waals surface area contributed by atoms with Crippen molar-refractivity contribution in [3.8, 4) is 0 Å². The smallest absolute Gasteiger partial charge is 0.264 e. The fourth-order valence-corrected chi connectivity index (χ4v) is 4.81. The van der Waals surface area contributed by atoms with E-state index in [-0.39, 0.29) is 4.90 Å². The van der Waals surface area contributed by atoms with Crippen molar-refractivity contribution < 1.29 is 13.2 Å². The molecule has 3 rings (SSSR count). The maximum atomic E-state index is 13.3. The molecule has 0 bridgehead atoms. The van der Waals surface area contributed by atoms with Crippen LogP contribution in [0.5, 0.6) is 0 Å². The van der Waals surface area contributed by atoms with Gasteiger partial charge in [-0.15, -0.1) is 0 Å². The number of hydrazone groups is 1. The largest absolute Gasteiger partial charge is 0.271 e. The van der Waals surface area contributed by atoms with Crippen molar-refractivity contribution in [1.82, 2.24) is 5.43 Å². The molecule has 6 nitrogen and oxygen atoms in total. The van der Waals surface area contributed by atoms with Gasteiger partial charge >= 0.3 is 0 Å². The highest BCUT2D eigenvalue weighted by Gasteiger charge is 2.28. The summed E-state index contributed by atoms with van der Waals surface area (Å²) >= 11 is 9.38. The summed E-state index contributed by atoms with van der Waals surface area (Å²) in [6.45, 7) is 1.29. The van der Waals surface area contributed by atoms with Gasteiger partial charge in [-0.1, -0.05) is 57.9 Å². The lowest BCUT2D eigenvalue weighted by molar-refractivity contribution is -0.119. The van der Waals surface area contributed by atoms with Gasteiger partial charge < -0.3 is 0 Å². The Hall–Kier alpha value is -2.68. The van der Waals surface area contributed by atoms with Crippen LogP contribution in [0.4, 0.5) is 5.69 Å². The third-order valence-electron chi connectivity index (χ3n) is 4.32. The summed E-state index contributed by atoms with van der Waals surface area (Å²) in [4.78, 5) is 12.6. The highest BCUT2D eigenvalue weighted by atomic mass is 79.9. The summed E-state index contributed by atoms with van der Waals surface area (Å²) in [6, 6.07) is 20.1. The normalized spacial score (nSPS) is 11.5. The highest BCUT2D eigenvalue weighted by molar-refractivity contribution is 9.10. The first-order valence-corrected chi connectivity index (χ1v) is 11.8. The molecule has 0 heterocycles. The van der Waals surface area contributed by atoms with Gasteiger partial charge in [0.05, 0.1) is 16.8 Å². The molecule has 1 N–H and O–H groups in total. The molecule has 3 aromatic rings. The molecule has 0 saturated carbocycles. The van der Waals surface area contributed by atoms with Crippen molar-refractivity contribution in [2.24, 2.45) is 5.10 Å². The van der Waals surface area contributed by atoms with E-state index in [4.69, 9.17) is 11.6 Å². The van der Waals surface area contributed by atoms with Crippen molar-refractivity contribution in [3.05, 3.63) is 93.4 Å². The average Bonchev–Trinajstić information content (AvgIpc) is 2.74. The molecular weight excluding hydrogens is 502 g/mol. The minimum atomic E-state index is -3.99. The summed E-state index contributed by atoms with van der Waals surface area (Å²) in [5, 5.41) is 4.40. The van der Waals surface area contributed by atoms with Crippen molar-refractivity contribution in [3.63, 3.8) is 0 Å². The third kappa shape index (κ3) is 5.94. The fourth-order valence-electron chi connectivity index (χ4n) is 2.81. The van der Waals surface area contributed by atoms with Crippen molar-refractivity contribution in [1.29, 1.82) is 0 Å². The Balaban J connectivity index is 1.86. The van der Waals surface area contributed by atoms with Crippen LogP contribution in [0.2, 0.25) is 5.02 Å². The molecule has 0 unspecified atom stereocenters. The first-order chi connectivity index (χ1) is 14.8. The van der Waals surface area contributed by atoms with E-state index in [0.717, 1.165) is 14.3 Å². The maximum absolute atomic E-state index is 13.3. The van der Waals surface area contributed by atoms with Crippen LogP contribution in [0.25, 0.3) is 0 Å². The van der Waals surface area contributed by atoms with E-state index < -0.39 is 22.5 Å². The number of amides is 1. The Kier molecular flexibility index (Phi) is 7.48. The number of hydrogen-bond donors (Lipinski definition) is 1. The van der Waals surface area contributed by atoms with Crippen molar-refractivity contribution >= 4 is 55.4 Å². The van der Waals surface area contributed by atoms with Crippen molar-refractivity contribution in [2.75, 3.05) is 10.8 Å². The summed E-state index contributed by atoms with van der Waals surface area (Å²) < 4.78 is 28.6. The van der Waals surface area contributed by atoms with Crippen LogP contribution in [0.1, 0.15) is 11.1 Å². The van der Waals surface area contributed by atoms with E-state index in [1.807, 2.05) is 24.3 Å². The molecule has 1 amide bonds. The van der Waals surface area contributed by atoms with E-state index >= 15 is 0 Å². The van der Waals surface area contributed by atoms with Crippen molar-refractivity contribution in [2.45, 2.75) is 11.8 Å². The molecule has 0 aliphatic rings. The Labute approximate surface area is 194 Å². The lowest BCUT2D eigenvalue weighted by atomic mass is 10.2. The lowest BCUT2D eigenvalue weighted by Crippen LogP contribution is -2.40. The monoisotopic (exact) mass is 519 g/mol. The molecule has 160 valence electrons. The summed E-state index contributed by atoms with van der Waals surface area (Å²) in [7, 11) is -3.99. The number of carbonyl (C=O) groups excluding carboxylic acids is 1. The SMILES string of the molecule is Cc1cc(Cl)ccc1N(CC(=O)N/N=C\c1ccc(Br)cc1)S(=O)(=O)c1ccccc1. The number of aryl methyl sites for hydroxylation is 1. The molecule has 0 spiro atoms. The molecule has 0 aliphatic carbocycles. The number of hydrogen-bond acceptors (Lipinski definition) is 4. The van der Waals surface area contributed by atoms with Gasteiger partial charge in [0.15, 0.2) is 0 Å². The zero-order valence-electron chi connectivity index (χ0n) is 16.5. The molecule has 0 aliphatic heterocycles. The third-order valence-corrected chi connectivity index (χ3v) is 6.86. The molecule has 0 saturated heterocycles. The Bertz CT molecular complexity index is 1200. The van der Waals surface area contributed by atoms with Crippen LogP contribution < -0.4 is 9.73 Å². The number of halogens is 2. The zero-order valence-corrected chi connectivity index (χ0v) is 19.7. The summed E-state index contributed by atoms with van der Waals surface area (Å²) in [6.07, 6.45) is 1.48. The summed E-state index contributed by atoms with van der Waals surface area (Å²) in [5.41, 5.74) is 4.15. The molecule has 9 heteroatoms. The second-order valence-corrected chi connectivity index (χ2v) is 9.81. The Morgan fingerprint density at radius 2 is 1.77 bits per heavy atom. The topological polar surface area (TPSA) is 78.8 Å². The second kappa shape index (κ2) is 10.1. The quantitative estimate of drug-likeness (QED) is 0.360. The van der Waals surface area contributed by atoms with Gasteiger partial charge in [-0.25, -0.2) is 13.8 Å². The van der Waals surface area contributed by atoms with Gasteiger partial charge in [-0.3, -0.25) is 9.10 Å². The molecule has 0 radical (unpaired) electrons. The standard InChI is InChI=1S/C22H19BrClN3O3S/c1-16-13-19(24)11-12-21(16)27(31(29,30)20-5-3-2-4-6-20)15-22(28)26-25-14-17-7-9-18(23)10-8-17/h2-14H,15H2,1H3,(H,26,28)/b25-14-. The van der Waals surface area contributed by atoms with E-state index in [9.17, 15) is 13.2 Å². The number of sulfonamides is 1. The first-order valence-electron chi connectivity index (χ1n) is 9.19. The predicted molar refractivity (Wildman–Crippen MR) is 127 cm³/mol.